The fraction of sp³-hybridized carbons (Fsp3) is 0.588. The predicted octanol–water partition coefficient (Wildman–Crippen LogP) is 1.55. The number of sulfonamides is 1. The average molecular weight is 388 g/mol. The standard InChI is InChI=1S/C17H25N3O3S.ClH/c1-24(22,23)20-10-2-3-14-11-15(4-5-16(14)20)17(21)19-9-7-13-6-8-18-12-13;/h4-5,11,13,18H,2-3,6-10,12H2,1H3,(H,19,21);1H. The van der Waals surface area contributed by atoms with Gasteiger partial charge in [-0.3, -0.25) is 9.10 Å². The molecule has 1 saturated heterocycles. The summed E-state index contributed by atoms with van der Waals surface area (Å²) in [5.41, 5.74) is 2.24. The molecular weight excluding hydrogens is 362 g/mol. The number of halogens is 1. The van der Waals surface area contributed by atoms with Crippen LogP contribution in [0.4, 0.5) is 5.69 Å². The largest absolute Gasteiger partial charge is 0.352 e. The van der Waals surface area contributed by atoms with Gasteiger partial charge in [-0.05, 0) is 68.5 Å². The third kappa shape index (κ3) is 4.86. The zero-order valence-corrected chi connectivity index (χ0v) is 16.1. The Morgan fingerprint density at radius 1 is 1.40 bits per heavy atom. The van der Waals surface area contributed by atoms with Crippen molar-refractivity contribution < 1.29 is 13.2 Å². The summed E-state index contributed by atoms with van der Waals surface area (Å²) in [5.74, 6) is 0.567. The first kappa shape index (κ1) is 20.0. The van der Waals surface area contributed by atoms with Gasteiger partial charge in [-0.25, -0.2) is 8.42 Å². The van der Waals surface area contributed by atoms with Gasteiger partial charge in [-0.1, -0.05) is 0 Å². The van der Waals surface area contributed by atoms with Gasteiger partial charge in [0.15, 0.2) is 0 Å². The summed E-state index contributed by atoms with van der Waals surface area (Å²) in [5, 5.41) is 6.30. The molecule has 1 fully saturated rings. The van der Waals surface area contributed by atoms with Crippen LogP contribution in [0.1, 0.15) is 35.2 Å². The topological polar surface area (TPSA) is 78.5 Å². The molecule has 140 valence electrons. The van der Waals surface area contributed by atoms with Gasteiger partial charge < -0.3 is 10.6 Å². The molecule has 1 atom stereocenters. The molecule has 1 aromatic rings. The Kier molecular flexibility index (Phi) is 6.71. The predicted molar refractivity (Wildman–Crippen MR) is 102 cm³/mol. The molecule has 2 aliphatic heterocycles. The Balaban J connectivity index is 0.00000225. The number of benzene rings is 1. The second-order valence-electron chi connectivity index (χ2n) is 6.69. The Labute approximate surface area is 155 Å². The van der Waals surface area contributed by atoms with Gasteiger partial charge in [0.05, 0.1) is 11.9 Å². The number of nitrogens with zero attached hydrogens (tertiary/aromatic N) is 1. The van der Waals surface area contributed by atoms with Crippen molar-refractivity contribution in [3.63, 3.8) is 0 Å². The molecule has 8 heteroatoms. The number of rotatable bonds is 5. The first-order chi connectivity index (χ1) is 11.4. The molecule has 1 aromatic carbocycles. The van der Waals surface area contributed by atoms with Crippen LogP contribution in [0.3, 0.4) is 0 Å². The van der Waals surface area contributed by atoms with Crippen molar-refractivity contribution in [3.05, 3.63) is 29.3 Å². The summed E-state index contributed by atoms with van der Waals surface area (Å²) >= 11 is 0. The highest BCUT2D eigenvalue weighted by Crippen LogP contribution is 2.29. The highest BCUT2D eigenvalue weighted by molar-refractivity contribution is 7.92. The van der Waals surface area contributed by atoms with Gasteiger partial charge in [-0.2, -0.15) is 0 Å². The second kappa shape index (κ2) is 8.38. The number of aryl methyl sites for hydroxylation is 1. The van der Waals surface area contributed by atoms with E-state index in [-0.39, 0.29) is 18.3 Å². The van der Waals surface area contributed by atoms with E-state index in [1.54, 1.807) is 12.1 Å². The number of hydrogen-bond acceptors (Lipinski definition) is 4. The third-order valence-corrected chi connectivity index (χ3v) is 6.00. The molecule has 1 unspecified atom stereocenters. The molecule has 0 spiro atoms. The highest BCUT2D eigenvalue weighted by Gasteiger charge is 2.24. The quantitative estimate of drug-likeness (QED) is 0.803. The van der Waals surface area contributed by atoms with Gasteiger partial charge in [0.1, 0.15) is 0 Å². The Bertz CT molecular complexity index is 718. The summed E-state index contributed by atoms with van der Waals surface area (Å²) in [6.45, 7) is 3.29. The summed E-state index contributed by atoms with van der Waals surface area (Å²) in [7, 11) is -3.27. The number of amides is 1. The van der Waals surface area contributed by atoms with Crippen molar-refractivity contribution in [1.29, 1.82) is 0 Å². The van der Waals surface area contributed by atoms with Crippen molar-refractivity contribution in [2.24, 2.45) is 5.92 Å². The van der Waals surface area contributed by atoms with E-state index in [0.717, 1.165) is 37.9 Å². The van der Waals surface area contributed by atoms with Gasteiger partial charge in [0.2, 0.25) is 10.0 Å². The molecule has 0 radical (unpaired) electrons. The zero-order valence-electron chi connectivity index (χ0n) is 14.5. The van der Waals surface area contributed by atoms with E-state index in [1.165, 1.54) is 17.0 Å². The van der Waals surface area contributed by atoms with Gasteiger partial charge in [0, 0.05) is 18.7 Å². The maximum Gasteiger partial charge on any atom is 0.251 e. The summed E-state index contributed by atoms with van der Waals surface area (Å²) in [6, 6.07) is 5.30. The van der Waals surface area contributed by atoms with Gasteiger partial charge >= 0.3 is 0 Å². The lowest BCUT2D eigenvalue weighted by Crippen LogP contribution is -2.34. The van der Waals surface area contributed by atoms with Crippen LogP contribution in [0.5, 0.6) is 0 Å². The van der Waals surface area contributed by atoms with Crippen LogP contribution in [0.2, 0.25) is 0 Å². The lowest BCUT2D eigenvalue weighted by Gasteiger charge is -2.29. The number of fused-ring (bicyclic) bond motifs is 1. The number of carbonyl (C=O) groups excluding carboxylic acids is 1. The monoisotopic (exact) mass is 387 g/mol. The van der Waals surface area contributed by atoms with Gasteiger partial charge in [-0.15, -0.1) is 12.4 Å². The van der Waals surface area contributed by atoms with Crippen LogP contribution in [0.25, 0.3) is 0 Å². The van der Waals surface area contributed by atoms with Gasteiger partial charge in [0.25, 0.3) is 5.91 Å². The van der Waals surface area contributed by atoms with Crippen LogP contribution in [-0.2, 0) is 16.4 Å². The average Bonchev–Trinajstić information content (AvgIpc) is 3.06. The molecule has 2 aliphatic rings. The Morgan fingerprint density at radius 2 is 2.20 bits per heavy atom. The fourth-order valence-electron chi connectivity index (χ4n) is 3.50. The lowest BCUT2D eigenvalue weighted by molar-refractivity contribution is 0.0951. The molecule has 6 nitrogen and oxygen atoms in total. The molecular formula is C17H26ClN3O3S. The van der Waals surface area contributed by atoms with E-state index in [2.05, 4.69) is 10.6 Å². The summed E-state index contributed by atoms with van der Waals surface area (Å²) in [6.07, 6.45) is 4.97. The molecule has 1 amide bonds. The number of carbonyl (C=O) groups is 1. The molecule has 2 N–H and O–H groups in total. The molecule has 2 heterocycles. The minimum Gasteiger partial charge on any atom is -0.352 e. The minimum atomic E-state index is -3.27. The van der Waals surface area contributed by atoms with E-state index in [1.807, 2.05) is 6.07 Å². The number of nitrogens with one attached hydrogen (secondary N) is 2. The SMILES string of the molecule is CS(=O)(=O)N1CCCc2cc(C(=O)NCCC3CCNC3)ccc21.Cl. The Morgan fingerprint density at radius 3 is 2.88 bits per heavy atom. The summed E-state index contributed by atoms with van der Waals surface area (Å²) in [4.78, 5) is 12.3. The smallest absolute Gasteiger partial charge is 0.251 e. The van der Waals surface area contributed by atoms with E-state index >= 15 is 0 Å². The van der Waals surface area contributed by atoms with Crippen LogP contribution >= 0.6 is 12.4 Å². The van der Waals surface area contributed by atoms with Crippen molar-refractivity contribution in [2.45, 2.75) is 25.7 Å². The molecule has 0 aromatic heterocycles. The van der Waals surface area contributed by atoms with E-state index in [0.29, 0.717) is 30.3 Å². The number of hydrogen-bond donors (Lipinski definition) is 2. The van der Waals surface area contributed by atoms with Crippen molar-refractivity contribution in [2.75, 3.05) is 36.7 Å². The summed E-state index contributed by atoms with van der Waals surface area (Å²) < 4.78 is 25.2. The van der Waals surface area contributed by atoms with Crippen LogP contribution in [0.15, 0.2) is 18.2 Å². The zero-order chi connectivity index (χ0) is 17.2. The Hall–Kier alpha value is -1.31. The maximum absolute atomic E-state index is 12.3. The fourth-order valence-corrected chi connectivity index (χ4v) is 4.50. The number of anilines is 1. The van der Waals surface area contributed by atoms with E-state index in [4.69, 9.17) is 0 Å². The van der Waals surface area contributed by atoms with E-state index in [9.17, 15) is 13.2 Å². The van der Waals surface area contributed by atoms with Crippen molar-refractivity contribution >= 4 is 34.0 Å². The maximum atomic E-state index is 12.3. The van der Waals surface area contributed by atoms with Crippen molar-refractivity contribution in [3.8, 4) is 0 Å². The van der Waals surface area contributed by atoms with Crippen LogP contribution in [0, 0.1) is 5.92 Å². The molecule has 0 aliphatic carbocycles. The molecule has 0 bridgehead atoms. The lowest BCUT2D eigenvalue weighted by atomic mass is 10.0. The first-order valence-corrected chi connectivity index (χ1v) is 10.4. The minimum absolute atomic E-state index is 0. The van der Waals surface area contributed by atoms with Crippen molar-refractivity contribution in [1.82, 2.24) is 10.6 Å². The van der Waals surface area contributed by atoms with Crippen LogP contribution in [-0.4, -0.2) is 46.8 Å². The van der Waals surface area contributed by atoms with E-state index < -0.39 is 10.0 Å². The molecule has 25 heavy (non-hydrogen) atoms. The normalized spacial score (nSPS) is 19.9. The highest BCUT2D eigenvalue weighted by atomic mass is 35.5. The molecule has 3 rings (SSSR count). The molecule has 0 saturated carbocycles. The van der Waals surface area contributed by atoms with Crippen LogP contribution < -0.4 is 14.9 Å². The third-order valence-electron chi connectivity index (χ3n) is 4.82. The first-order valence-electron chi connectivity index (χ1n) is 8.55. The second-order valence-corrected chi connectivity index (χ2v) is 8.59.